The summed E-state index contributed by atoms with van der Waals surface area (Å²) in [6.45, 7) is -0.380. The van der Waals surface area contributed by atoms with Gasteiger partial charge in [-0.15, -0.1) is 0 Å². The summed E-state index contributed by atoms with van der Waals surface area (Å²) < 4.78 is 13.8. The van der Waals surface area contributed by atoms with Crippen molar-refractivity contribution in [2.24, 2.45) is 0 Å². The molecule has 1 aromatic rings. The maximum absolute atomic E-state index is 13.8. The third kappa shape index (κ3) is 1.93. The van der Waals surface area contributed by atoms with Gasteiger partial charge in [-0.1, -0.05) is 12.1 Å². The van der Waals surface area contributed by atoms with Crippen molar-refractivity contribution in [1.82, 2.24) is 9.80 Å². The number of likely N-dealkylation sites (N-methyl/N-ethyl adjacent to an activating group) is 1. The molecule has 0 bridgehead atoms. The Morgan fingerprint density at radius 2 is 1.95 bits per heavy atom. The molecule has 1 aliphatic heterocycles. The molecule has 1 aromatic carbocycles. The molecule has 0 unspecified atom stereocenters. The van der Waals surface area contributed by atoms with E-state index in [1.807, 2.05) is 0 Å². The van der Waals surface area contributed by atoms with Crippen molar-refractivity contribution >= 4 is 17.8 Å². The summed E-state index contributed by atoms with van der Waals surface area (Å²) in [5.74, 6) is -2.76. The number of benzene rings is 1. The third-order valence-corrected chi connectivity index (χ3v) is 2.78. The van der Waals surface area contributed by atoms with Crippen LogP contribution in [0.3, 0.4) is 0 Å². The first-order valence-corrected chi connectivity index (χ1v) is 5.28. The van der Waals surface area contributed by atoms with Crippen LogP contribution < -0.4 is 0 Å². The van der Waals surface area contributed by atoms with Gasteiger partial charge in [0, 0.05) is 12.6 Å². The molecule has 0 N–H and O–H groups in total. The molecule has 0 aromatic heterocycles. The smallest absolute Gasteiger partial charge is 0.263 e. The average molecular weight is 261 g/mol. The predicted molar refractivity (Wildman–Crippen MR) is 59.8 cm³/mol. The van der Waals surface area contributed by atoms with Crippen LogP contribution in [0.2, 0.25) is 0 Å². The largest absolute Gasteiger partial charge is 0.334 e. The zero-order valence-electron chi connectivity index (χ0n) is 9.88. The van der Waals surface area contributed by atoms with Gasteiger partial charge in [0.1, 0.15) is 11.9 Å². The lowest BCUT2D eigenvalue weighted by atomic mass is 10.1. The molecule has 96 valence electrons. The van der Waals surface area contributed by atoms with Gasteiger partial charge in [0.2, 0.25) is 0 Å². The Bertz CT molecular complexity index is 636. The SMILES string of the molecule is CN1C(=O)C(=O)N(Cc2cccc(C#N)c2F)C1=O. The summed E-state index contributed by atoms with van der Waals surface area (Å²) in [6, 6.07) is 4.92. The van der Waals surface area contributed by atoms with Gasteiger partial charge >= 0.3 is 17.8 Å². The Hall–Kier alpha value is -2.75. The molecular formula is C12H8FN3O3. The van der Waals surface area contributed by atoms with E-state index in [1.165, 1.54) is 25.2 Å². The fraction of sp³-hybridized carbons (Fsp3) is 0.167. The molecule has 0 radical (unpaired) electrons. The van der Waals surface area contributed by atoms with Crippen molar-refractivity contribution in [3.63, 3.8) is 0 Å². The third-order valence-electron chi connectivity index (χ3n) is 2.78. The van der Waals surface area contributed by atoms with Crippen LogP contribution in [0.5, 0.6) is 0 Å². The molecule has 2 rings (SSSR count). The van der Waals surface area contributed by atoms with E-state index >= 15 is 0 Å². The number of carbonyl (C=O) groups is 3. The maximum Gasteiger partial charge on any atom is 0.334 e. The second-order valence-corrected chi connectivity index (χ2v) is 3.93. The van der Waals surface area contributed by atoms with Crippen molar-refractivity contribution in [1.29, 1.82) is 5.26 Å². The summed E-state index contributed by atoms with van der Waals surface area (Å²) >= 11 is 0. The van der Waals surface area contributed by atoms with E-state index in [4.69, 9.17) is 5.26 Å². The molecule has 7 heteroatoms. The summed E-state index contributed by atoms with van der Waals surface area (Å²) in [5, 5.41) is 8.69. The second-order valence-electron chi connectivity index (χ2n) is 3.93. The Balaban J connectivity index is 2.33. The standard InChI is InChI=1S/C12H8FN3O3/c1-15-10(17)11(18)16(12(15)19)6-8-4-2-3-7(5-14)9(8)13/h2-4H,6H2,1H3. The lowest BCUT2D eigenvalue weighted by Gasteiger charge is -2.13. The molecule has 0 saturated carbocycles. The summed E-state index contributed by atoms with van der Waals surface area (Å²) in [7, 11) is 1.17. The van der Waals surface area contributed by atoms with Gasteiger partial charge in [-0.2, -0.15) is 5.26 Å². The van der Waals surface area contributed by atoms with Crippen LogP contribution in [-0.2, 0) is 16.1 Å². The van der Waals surface area contributed by atoms with Crippen LogP contribution in [0.25, 0.3) is 0 Å². The molecule has 0 spiro atoms. The Labute approximate surface area is 107 Å². The number of urea groups is 1. The van der Waals surface area contributed by atoms with Crippen molar-refractivity contribution in [2.45, 2.75) is 6.54 Å². The van der Waals surface area contributed by atoms with Crippen molar-refractivity contribution in [3.05, 3.63) is 35.1 Å². The summed E-state index contributed by atoms with van der Waals surface area (Å²) in [6.07, 6.45) is 0. The molecule has 1 heterocycles. The monoisotopic (exact) mass is 261 g/mol. The van der Waals surface area contributed by atoms with Gasteiger partial charge in [0.15, 0.2) is 0 Å². The van der Waals surface area contributed by atoms with Gasteiger partial charge in [-0.25, -0.2) is 9.18 Å². The Morgan fingerprint density at radius 3 is 2.47 bits per heavy atom. The Morgan fingerprint density at radius 1 is 1.26 bits per heavy atom. The minimum Gasteiger partial charge on any atom is -0.263 e. The molecule has 0 aliphatic carbocycles. The van der Waals surface area contributed by atoms with E-state index < -0.39 is 23.7 Å². The minimum atomic E-state index is -1.01. The zero-order chi connectivity index (χ0) is 14.2. The van der Waals surface area contributed by atoms with Crippen LogP contribution in [0, 0.1) is 17.1 Å². The van der Waals surface area contributed by atoms with Crippen LogP contribution in [0.4, 0.5) is 9.18 Å². The van der Waals surface area contributed by atoms with Crippen LogP contribution in [0.1, 0.15) is 11.1 Å². The van der Waals surface area contributed by atoms with Crippen molar-refractivity contribution < 1.29 is 18.8 Å². The number of carbonyl (C=O) groups excluding carboxylic acids is 3. The number of halogens is 1. The topological polar surface area (TPSA) is 81.5 Å². The van der Waals surface area contributed by atoms with E-state index in [-0.39, 0.29) is 17.7 Å². The number of rotatable bonds is 2. The quantitative estimate of drug-likeness (QED) is 0.577. The molecule has 0 atom stereocenters. The maximum atomic E-state index is 13.8. The van der Waals surface area contributed by atoms with E-state index in [2.05, 4.69) is 0 Å². The van der Waals surface area contributed by atoms with Crippen molar-refractivity contribution in [3.8, 4) is 6.07 Å². The predicted octanol–water partition coefficient (Wildman–Crippen LogP) is 0.618. The highest BCUT2D eigenvalue weighted by atomic mass is 19.1. The molecule has 19 heavy (non-hydrogen) atoms. The highest BCUT2D eigenvalue weighted by molar-refractivity contribution is 6.44. The molecule has 1 fully saturated rings. The lowest BCUT2D eigenvalue weighted by molar-refractivity contribution is -0.143. The number of amides is 4. The molecule has 4 amide bonds. The zero-order valence-corrected chi connectivity index (χ0v) is 9.88. The number of nitrogens with zero attached hydrogens (tertiary/aromatic N) is 3. The van der Waals surface area contributed by atoms with Gasteiger partial charge in [0.25, 0.3) is 0 Å². The second kappa shape index (κ2) is 4.49. The highest BCUT2D eigenvalue weighted by Gasteiger charge is 2.42. The number of nitriles is 1. The summed E-state index contributed by atoms with van der Waals surface area (Å²) in [4.78, 5) is 35.7. The van der Waals surface area contributed by atoms with Gasteiger partial charge < -0.3 is 0 Å². The van der Waals surface area contributed by atoms with Crippen molar-refractivity contribution in [2.75, 3.05) is 7.05 Å². The first kappa shape index (κ1) is 12.7. The van der Waals surface area contributed by atoms with E-state index in [0.717, 1.165) is 0 Å². The first-order valence-electron chi connectivity index (χ1n) is 5.28. The molecular weight excluding hydrogens is 253 g/mol. The lowest BCUT2D eigenvalue weighted by Crippen LogP contribution is -2.31. The van der Waals surface area contributed by atoms with Gasteiger partial charge in [-0.3, -0.25) is 19.4 Å². The van der Waals surface area contributed by atoms with E-state index in [1.54, 1.807) is 6.07 Å². The minimum absolute atomic E-state index is 0.00356. The van der Waals surface area contributed by atoms with Gasteiger partial charge in [-0.05, 0) is 6.07 Å². The molecule has 6 nitrogen and oxygen atoms in total. The Kier molecular flexibility index (Phi) is 3.00. The number of hydrogen-bond donors (Lipinski definition) is 0. The fourth-order valence-electron chi connectivity index (χ4n) is 1.71. The van der Waals surface area contributed by atoms with E-state index in [9.17, 15) is 18.8 Å². The molecule has 1 aliphatic rings. The first-order chi connectivity index (χ1) is 8.97. The van der Waals surface area contributed by atoms with Crippen LogP contribution >= 0.6 is 0 Å². The average Bonchev–Trinajstić information content (AvgIpc) is 2.59. The van der Waals surface area contributed by atoms with E-state index in [0.29, 0.717) is 9.80 Å². The normalized spacial score (nSPS) is 15.1. The highest BCUT2D eigenvalue weighted by Crippen LogP contribution is 2.18. The van der Waals surface area contributed by atoms with Crippen LogP contribution in [-0.4, -0.2) is 34.7 Å². The number of hydrogen-bond acceptors (Lipinski definition) is 4. The summed E-state index contributed by atoms with van der Waals surface area (Å²) in [5.41, 5.74) is -0.180. The molecule has 1 saturated heterocycles. The number of imide groups is 2. The van der Waals surface area contributed by atoms with Crippen LogP contribution in [0.15, 0.2) is 18.2 Å². The van der Waals surface area contributed by atoms with Gasteiger partial charge in [0.05, 0.1) is 12.1 Å². The fourth-order valence-corrected chi connectivity index (χ4v) is 1.71.